The molecular formula is C39H80N2O6+2. The summed E-state index contributed by atoms with van der Waals surface area (Å²) in [5.74, 6) is -0.682. The molecule has 0 aliphatic heterocycles. The van der Waals surface area contributed by atoms with Crippen molar-refractivity contribution in [3.63, 3.8) is 0 Å². The normalized spacial score (nSPS) is 15.5. The molecule has 0 saturated carbocycles. The first-order valence-electron chi connectivity index (χ1n) is 19.7. The van der Waals surface area contributed by atoms with E-state index in [9.17, 15) is 19.8 Å². The van der Waals surface area contributed by atoms with Crippen molar-refractivity contribution in [2.45, 2.75) is 174 Å². The number of methoxy groups -OCH3 is 2. The van der Waals surface area contributed by atoms with Crippen LogP contribution in [-0.4, -0.2) is 111 Å². The quantitative estimate of drug-likeness (QED) is 0.0410. The maximum Gasteiger partial charge on any atom is 0.367 e. The van der Waals surface area contributed by atoms with Crippen LogP contribution in [0.2, 0.25) is 0 Å². The van der Waals surface area contributed by atoms with Gasteiger partial charge in [0.15, 0.2) is 0 Å². The number of aliphatic hydroxyl groups excluding tert-OH is 2. The lowest BCUT2D eigenvalue weighted by atomic mass is 10.0. The smallest absolute Gasteiger partial charge is 0.367 e. The second-order valence-electron chi connectivity index (χ2n) is 14.7. The Kier molecular flexibility index (Phi) is 28.9. The first-order valence-corrected chi connectivity index (χ1v) is 19.7. The van der Waals surface area contributed by atoms with E-state index in [1.807, 2.05) is 0 Å². The van der Waals surface area contributed by atoms with Crippen molar-refractivity contribution < 1.29 is 38.2 Å². The number of quaternary nitrogens is 2. The van der Waals surface area contributed by atoms with Crippen LogP contribution in [0.5, 0.6) is 0 Å². The number of rotatable bonds is 34. The van der Waals surface area contributed by atoms with Gasteiger partial charge in [0.1, 0.15) is 13.2 Å². The number of likely N-dealkylation sites (N-methyl/N-ethyl adjacent to an activating group) is 2. The molecule has 0 aliphatic carbocycles. The van der Waals surface area contributed by atoms with E-state index < -0.39 is 12.1 Å². The number of carbonyl (C=O) groups is 2. The Balaban J connectivity index is 4.95. The molecule has 0 spiro atoms. The third-order valence-corrected chi connectivity index (χ3v) is 10.7. The fraction of sp³-hybridized carbons (Fsp3) is 0.949. The third-order valence-electron chi connectivity index (χ3n) is 10.7. The van der Waals surface area contributed by atoms with E-state index >= 15 is 0 Å². The molecule has 2 unspecified atom stereocenters. The van der Waals surface area contributed by atoms with E-state index in [0.717, 1.165) is 71.1 Å². The molecule has 0 aromatic rings. The molecule has 0 aromatic heterocycles. The number of ether oxygens (including phenoxy) is 2. The molecule has 4 atom stereocenters. The fourth-order valence-corrected chi connectivity index (χ4v) is 7.21. The van der Waals surface area contributed by atoms with Crippen LogP contribution in [-0.2, 0) is 19.1 Å². The number of carbonyl (C=O) groups excluding carboxylic acids is 2. The molecule has 0 aromatic carbocycles. The Morgan fingerprint density at radius 3 is 0.872 bits per heavy atom. The van der Waals surface area contributed by atoms with Crippen molar-refractivity contribution in [3.05, 3.63) is 0 Å². The highest BCUT2D eigenvalue weighted by molar-refractivity contribution is 5.74. The zero-order valence-corrected chi connectivity index (χ0v) is 32.1. The molecule has 0 aliphatic rings. The van der Waals surface area contributed by atoms with Crippen LogP contribution in [0.25, 0.3) is 0 Å². The van der Waals surface area contributed by atoms with Crippen LogP contribution < -0.4 is 0 Å². The lowest BCUT2D eigenvalue weighted by Crippen LogP contribution is -2.59. The molecule has 280 valence electrons. The Morgan fingerprint density at radius 1 is 0.447 bits per heavy atom. The predicted octanol–water partition coefficient (Wildman–Crippen LogP) is 7.96. The highest BCUT2D eigenvalue weighted by Gasteiger charge is 2.39. The van der Waals surface area contributed by atoms with Crippen molar-refractivity contribution >= 4 is 11.9 Å². The summed E-state index contributed by atoms with van der Waals surface area (Å²) in [6.07, 6.45) is 28.1. The van der Waals surface area contributed by atoms with Crippen molar-refractivity contribution in [3.8, 4) is 0 Å². The van der Waals surface area contributed by atoms with Crippen LogP contribution in [0.3, 0.4) is 0 Å². The van der Waals surface area contributed by atoms with Gasteiger partial charge in [0.2, 0.25) is 12.1 Å². The molecule has 47 heavy (non-hydrogen) atoms. The second kappa shape index (κ2) is 29.7. The summed E-state index contributed by atoms with van der Waals surface area (Å²) >= 11 is 0. The second-order valence-corrected chi connectivity index (χ2v) is 14.7. The molecule has 8 heteroatoms. The first-order chi connectivity index (χ1) is 22.7. The van der Waals surface area contributed by atoms with E-state index in [-0.39, 0.29) is 25.2 Å². The lowest BCUT2D eigenvalue weighted by molar-refractivity contribution is -0.928. The standard InChI is InChI=1S/C39H80N2O6/c1-7-9-11-13-15-17-19-21-23-26-30-40(3,36(34-42)38(44)46-5)32-28-25-29-33-41(4,37(35-43)39(45)47-6)31-27-24-22-20-18-16-14-12-10-8-2/h36-37,42-43H,7-35H2,1-6H3/q+2/t36-,37-,40?,41?/m0/s1. The minimum atomic E-state index is -0.575. The van der Waals surface area contributed by atoms with Gasteiger partial charge in [0.05, 0.1) is 54.5 Å². The third kappa shape index (κ3) is 20.8. The van der Waals surface area contributed by atoms with Gasteiger partial charge in [-0.25, -0.2) is 9.59 Å². The van der Waals surface area contributed by atoms with Gasteiger partial charge in [-0.3, -0.25) is 0 Å². The van der Waals surface area contributed by atoms with Gasteiger partial charge in [-0.2, -0.15) is 0 Å². The molecule has 0 heterocycles. The van der Waals surface area contributed by atoms with E-state index in [4.69, 9.17) is 9.47 Å². The number of hydrogen-bond donors (Lipinski definition) is 2. The summed E-state index contributed by atoms with van der Waals surface area (Å²) in [5, 5.41) is 20.4. The Labute approximate surface area is 291 Å². The number of esters is 2. The SMILES string of the molecule is CCCCCCCCCCCC[N+](C)(CCCCC[N+](C)(CCCCCCCCCCCC)[C@@H](CO)C(=O)OC)[C@@H](CO)C(=O)OC. The minimum absolute atomic E-state index is 0.216. The first kappa shape index (κ1) is 45.8. The van der Waals surface area contributed by atoms with Gasteiger partial charge >= 0.3 is 11.9 Å². The zero-order valence-electron chi connectivity index (χ0n) is 32.1. The summed E-state index contributed by atoms with van der Waals surface area (Å²) in [7, 11) is 7.00. The molecule has 0 bridgehead atoms. The number of nitrogens with zero attached hydrogens (tertiary/aromatic N) is 2. The van der Waals surface area contributed by atoms with E-state index in [0.29, 0.717) is 8.97 Å². The van der Waals surface area contributed by atoms with Crippen molar-refractivity contribution in [1.82, 2.24) is 0 Å². The molecule has 2 N–H and O–H groups in total. The van der Waals surface area contributed by atoms with Crippen LogP contribution in [0.15, 0.2) is 0 Å². The summed E-state index contributed by atoms with van der Waals surface area (Å²) in [4.78, 5) is 25.3. The van der Waals surface area contributed by atoms with Gasteiger partial charge in [0.25, 0.3) is 0 Å². The monoisotopic (exact) mass is 673 g/mol. The summed E-state index contributed by atoms with van der Waals surface area (Å²) in [6.45, 7) is 7.35. The average molecular weight is 673 g/mol. The average Bonchev–Trinajstić information content (AvgIpc) is 3.06. The Hall–Kier alpha value is -1.22. The zero-order chi connectivity index (χ0) is 35.2. The Morgan fingerprint density at radius 2 is 0.660 bits per heavy atom. The molecule has 0 amide bonds. The molecule has 0 fully saturated rings. The van der Waals surface area contributed by atoms with Crippen LogP contribution in [0.4, 0.5) is 0 Å². The van der Waals surface area contributed by atoms with E-state index in [1.54, 1.807) is 0 Å². The van der Waals surface area contributed by atoms with E-state index in [1.165, 1.54) is 117 Å². The lowest BCUT2D eigenvalue weighted by Gasteiger charge is -2.40. The summed E-state index contributed by atoms with van der Waals surface area (Å²) < 4.78 is 11.2. The summed E-state index contributed by atoms with van der Waals surface area (Å²) in [6, 6.07) is -1.15. The number of aliphatic hydroxyl groups is 2. The highest BCUT2D eigenvalue weighted by atomic mass is 16.5. The van der Waals surface area contributed by atoms with Crippen molar-refractivity contribution in [2.75, 3.05) is 67.7 Å². The van der Waals surface area contributed by atoms with Gasteiger partial charge in [-0.05, 0) is 44.9 Å². The number of hydrogen-bond acceptors (Lipinski definition) is 6. The van der Waals surface area contributed by atoms with Gasteiger partial charge in [-0.15, -0.1) is 0 Å². The molecule has 0 radical (unpaired) electrons. The minimum Gasteiger partial charge on any atom is -0.465 e. The Bertz CT molecular complexity index is 693. The fourth-order valence-electron chi connectivity index (χ4n) is 7.21. The molecule has 0 rings (SSSR count). The van der Waals surface area contributed by atoms with Gasteiger partial charge in [0, 0.05) is 0 Å². The molecule has 0 saturated heterocycles. The molecule has 8 nitrogen and oxygen atoms in total. The summed E-state index contributed by atoms with van der Waals surface area (Å²) in [5.41, 5.74) is 0. The van der Waals surface area contributed by atoms with Crippen molar-refractivity contribution in [1.29, 1.82) is 0 Å². The highest BCUT2D eigenvalue weighted by Crippen LogP contribution is 2.21. The van der Waals surface area contributed by atoms with E-state index in [2.05, 4.69) is 27.9 Å². The van der Waals surface area contributed by atoms with Gasteiger partial charge < -0.3 is 28.7 Å². The predicted molar refractivity (Wildman–Crippen MR) is 195 cm³/mol. The number of unbranched alkanes of at least 4 members (excludes halogenated alkanes) is 20. The molecular weight excluding hydrogens is 592 g/mol. The van der Waals surface area contributed by atoms with Gasteiger partial charge in [-0.1, -0.05) is 117 Å². The maximum absolute atomic E-state index is 12.7. The largest absolute Gasteiger partial charge is 0.465 e. The van der Waals surface area contributed by atoms with Crippen LogP contribution in [0, 0.1) is 0 Å². The topological polar surface area (TPSA) is 93.1 Å². The van der Waals surface area contributed by atoms with Crippen LogP contribution >= 0.6 is 0 Å². The maximum atomic E-state index is 12.7. The van der Waals surface area contributed by atoms with Crippen LogP contribution in [0.1, 0.15) is 162 Å². The van der Waals surface area contributed by atoms with Crippen molar-refractivity contribution in [2.24, 2.45) is 0 Å².